The van der Waals surface area contributed by atoms with Crippen LogP contribution >= 0.6 is 36.2 Å². The molecule has 5 nitrogen and oxygen atoms in total. The predicted molar refractivity (Wildman–Crippen MR) is 103 cm³/mol. The number of hydrogen-bond acceptors (Lipinski definition) is 5. The number of nitrogens with two attached hydrogens (primary N) is 1. The molecule has 0 spiro atoms. The van der Waals surface area contributed by atoms with E-state index in [9.17, 15) is 4.79 Å². The van der Waals surface area contributed by atoms with Gasteiger partial charge in [-0.05, 0) is 23.6 Å². The van der Waals surface area contributed by atoms with Gasteiger partial charge >= 0.3 is 0 Å². The molecular weight excluding hydrogens is 367 g/mol. The maximum atomic E-state index is 12.3. The number of pyridine rings is 1. The van der Waals surface area contributed by atoms with E-state index in [1.54, 1.807) is 23.6 Å². The molecule has 0 radical (unpaired) electrons. The number of rotatable bonds is 4. The van der Waals surface area contributed by atoms with Crippen molar-refractivity contribution in [2.75, 3.05) is 31.9 Å². The molecule has 1 aliphatic rings. The monoisotopic (exact) mass is 388 g/mol. The Labute approximate surface area is 158 Å². The highest BCUT2D eigenvalue weighted by Gasteiger charge is 2.21. The highest BCUT2D eigenvalue weighted by atomic mass is 35.5. The first kappa shape index (κ1) is 20.7. The molecule has 0 aliphatic carbocycles. The van der Waals surface area contributed by atoms with Gasteiger partial charge in [-0.25, -0.2) is 0 Å². The molecule has 2 N–H and O–H groups in total. The number of nitrogens with zero attached hydrogens (tertiary/aromatic N) is 3. The highest BCUT2D eigenvalue weighted by Crippen LogP contribution is 2.14. The molecule has 24 heavy (non-hydrogen) atoms. The summed E-state index contributed by atoms with van der Waals surface area (Å²) in [6, 6.07) is 7.85. The molecule has 3 heterocycles. The number of piperazine rings is 1. The number of carbonyl (C=O) groups is 1. The van der Waals surface area contributed by atoms with E-state index in [0.717, 1.165) is 38.4 Å². The van der Waals surface area contributed by atoms with Crippen LogP contribution in [0.15, 0.2) is 35.8 Å². The fraction of sp³-hybridized carbons (Fsp3) is 0.375. The molecule has 0 unspecified atom stereocenters. The third-order valence-electron chi connectivity index (χ3n) is 3.86. The van der Waals surface area contributed by atoms with E-state index in [1.165, 1.54) is 4.88 Å². The zero-order valence-electron chi connectivity index (χ0n) is 13.3. The van der Waals surface area contributed by atoms with Gasteiger partial charge in [0, 0.05) is 43.3 Å². The minimum absolute atomic E-state index is 0. The Balaban J connectivity index is 0.00000144. The Morgan fingerprint density at radius 1 is 1.17 bits per heavy atom. The minimum Gasteiger partial charge on any atom is -0.397 e. The molecule has 0 atom stereocenters. The molecule has 8 heteroatoms. The Hall–Kier alpha value is -1.34. The van der Waals surface area contributed by atoms with Gasteiger partial charge in [0.1, 0.15) is 0 Å². The second-order valence-electron chi connectivity index (χ2n) is 5.50. The van der Waals surface area contributed by atoms with Crippen LogP contribution in [-0.4, -0.2) is 46.9 Å². The SMILES string of the molecule is Cl.Cl.Nc1ccc(CC(=O)N2CCN(Cc3cccs3)CC2)nc1. The van der Waals surface area contributed by atoms with E-state index in [4.69, 9.17) is 5.73 Å². The van der Waals surface area contributed by atoms with Crippen molar-refractivity contribution >= 4 is 47.7 Å². The molecule has 1 fully saturated rings. The maximum absolute atomic E-state index is 12.3. The summed E-state index contributed by atoms with van der Waals surface area (Å²) in [7, 11) is 0. The standard InChI is InChI=1S/C16H20N4OS.2ClH/c17-13-3-4-14(18-11-13)10-16(21)20-7-5-19(6-8-20)12-15-2-1-9-22-15;;/h1-4,9,11H,5-8,10,12,17H2;2*1H. The zero-order valence-corrected chi connectivity index (χ0v) is 15.7. The topological polar surface area (TPSA) is 62.5 Å². The molecule has 2 aromatic heterocycles. The fourth-order valence-electron chi connectivity index (χ4n) is 2.59. The van der Waals surface area contributed by atoms with Gasteiger partial charge in [-0.15, -0.1) is 36.2 Å². The van der Waals surface area contributed by atoms with E-state index in [2.05, 4.69) is 27.4 Å². The maximum Gasteiger partial charge on any atom is 0.228 e. The summed E-state index contributed by atoms with van der Waals surface area (Å²) in [4.78, 5) is 22.2. The van der Waals surface area contributed by atoms with Gasteiger partial charge in [-0.2, -0.15) is 0 Å². The minimum atomic E-state index is 0. The molecule has 132 valence electrons. The fourth-order valence-corrected chi connectivity index (χ4v) is 3.33. The zero-order chi connectivity index (χ0) is 15.4. The van der Waals surface area contributed by atoms with Crippen LogP contribution in [0, 0.1) is 0 Å². The average molecular weight is 389 g/mol. The third-order valence-corrected chi connectivity index (χ3v) is 4.73. The number of aromatic nitrogens is 1. The Kier molecular flexibility index (Phi) is 8.48. The number of hydrogen-bond donors (Lipinski definition) is 1. The predicted octanol–water partition coefficient (Wildman–Crippen LogP) is 2.46. The quantitative estimate of drug-likeness (QED) is 0.873. The molecule has 0 aromatic carbocycles. The van der Waals surface area contributed by atoms with Crippen LogP contribution < -0.4 is 5.73 Å². The van der Waals surface area contributed by atoms with E-state index in [-0.39, 0.29) is 30.7 Å². The van der Waals surface area contributed by atoms with Gasteiger partial charge in [0.15, 0.2) is 0 Å². The van der Waals surface area contributed by atoms with Crippen LogP contribution in [0.3, 0.4) is 0 Å². The Bertz CT molecular complexity index is 614. The molecule has 1 aliphatic heterocycles. The van der Waals surface area contributed by atoms with Gasteiger partial charge in [0.2, 0.25) is 5.91 Å². The van der Waals surface area contributed by atoms with Crippen molar-refractivity contribution < 1.29 is 4.79 Å². The lowest BCUT2D eigenvalue weighted by Crippen LogP contribution is -2.48. The number of halogens is 2. The van der Waals surface area contributed by atoms with E-state index in [1.807, 2.05) is 11.0 Å². The Morgan fingerprint density at radius 2 is 1.92 bits per heavy atom. The lowest BCUT2D eigenvalue weighted by Gasteiger charge is -2.34. The largest absolute Gasteiger partial charge is 0.397 e. The third kappa shape index (κ3) is 5.63. The summed E-state index contributed by atoms with van der Waals surface area (Å²) in [6.07, 6.45) is 1.95. The van der Waals surface area contributed by atoms with Gasteiger partial charge in [-0.1, -0.05) is 6.07 Å². The number of amides is 1. The number of nitrogen functional groups attached to an aromatic ring is 1. The first-order chi connectivity index (χ1) is 10.7. The molecule has 1 amide bonds. The van der Waals surface area contributed by atoms with Crippen molar-refractivity contribution in [1.82, 2.24) is 14.8 Å². The summed E-state index contributed by atoms with van der Waals surface area (Å²) in [5, 5.41) is 2.11. The summed E-state index contributed by atoms with van der Waals surface area (Å²) in [5.74, 6) is 0.146. The van der Waals surface area contributed by atoms with Crippen LogP contribution in [0.25, 0.3) is 0 Å². The second-order valence-corrected chi connectivity index (χ2v) is 6.53. The summed E-state index contributed by atoms with van der Waals surface area (Å²) in [6.45, 7) is 4.43. The van der Waals surface area contributed by atoms with E-state index >= 15 is 0 Å². The molecule has 3 rings (SSSR count). The van der Waals surface area contributed by atoms with Gasteiger partial charge in [0.25, 0.3) is 0 Å². The first-order valence-corrected chi connectivity index (χ1v) is 8.31. The summed E-state index contributed by atoms with van der Waals surface area (Å²) < 4.78 is 0. The summed E-state index contributed by atoms with van der Waals surface area (Å²) >= 11 is 1.79. The molecule has 1 saturated heterocycles. The summed E-state index contributed by atoms with van der Waals surface area (Å²) in [5.41, 5.74) is 7.01. The van der Waals surface area contributed by atoms with Crippen LogP contribution in [0.4, 0.5) is 5.69 Å². The first-order valence-electron chi connectivity index (χ1n) is 7.43. The normalized spacial score (nSPS) is 14.6. The van der Waals surface area contributed by atoms with Crippen molar-refractivity contribution in [1.29, 1.82) is 0 Å². The molecule has 0 saturated carbocycles. The van der Waals surface area contributed by atoms with Crippen molar-refractivity contribution in [2.24, 2.45) is 0 Å². The van der Waals surface area contributed by atoms with Crippen LogP contribution in [0.5, 0.6) is 0 Å². The van der Waals surface area contributed by atoms with E-state index < -0.39 is 0 Å². The van der Waals surface area contributed by atoms with Crippen molar-refractivity contribution in [3.8, 4) is 0 Å². The van der Waals surface area contributed by atoms with E-state index in [0.29, 0.717) is 12.1 Å². The van der Waals surface area contributed by atoms with Crippen LogP contribution in [0.1, 0.15) is 10.6 Å². The molecular formula is C16H22Cl2N4OS. The van der Waals surface area contributed by atoms with Crippen molar-refractivity contribution in [3.63, 3.8) is 0 Å². The smallest absolute Gasteiger partial charge is 0.228 e. The molecule has 2 aromatic rings. The van der Waals surface area contributed by atoms with Gasteiger partial charge in [0.05, 0.1) is 18.3 Å². The van der Waals surface area contributed by atoms with Gasteiger partial charge in [-0.3, -0.25) is 14.7 Å². The number of anilines is 1. The Morgan fingerprint density at radius 3 is 2.50 bits per heavy atom. The number of carbonyl (C=O) groups excluding carboxylic acids is 1. The van der Waals surface area contributed by atoms with Crippen LogP contribution in [0.2, 0.25) is 0 Å². The highest BCUT2D eigenvalue weighted by molar-refractivity contribution is 7.09. The molecule has 0 bridgehead atoms. The van der Waals surface area contributed by atoms with Gasteiger partial charge < -0.3 is 10.6 Å². The average Bonchev–Trinajstić information content (AvgIpc) is 3.03. The number of thiophene rings is 1. The lowest BCUT2D eigenvalue weighted by molar-refractivity contribution is -0.132. The van der Waals surface area contributed by atoms with Crippen LogP contribution in [-0.2, 0) is 17.8 Å². The second kappa shape index (κ2) is 9.84. The lowest BCUT2D eigenvalue weighted by atomic mass is 10.2. The van der Waals surface area contributed by atoms with Crippen molar-refractivity contribution in [2.45, 2.75) is 13.0 Å². The van der Waals surface area contributed by atoms with Crippen molar-refractivity contribution in [3.05, 3.63) is 46.4 Å².